The summed E-state index contributed by atoms with van der Waals surface area (Å²) in [5.74, 6) is -0.960. The van der Waals surface area contributed by atoms with Crippen molar-refractivity contribution in [3.05, 3.63) is 113 Å². The topological polar surface area (TPSA) is 26.0 Å². The second-order valence-corrected chi connectivity index (χ2v) is 13.0. The summed E-state index contributed by atoms with van der Waals surface area (Å²) < 4.78 is 92.0. The molecule has 0 N–H and O–H groups in total. The minimum atomic E-state index is -2.64. The summed E-state index contributed by atoms with van der Waals surface area (Å²) in [5.41, 5.74) is 2.53. The van der Waals surface area contributed by atoms with E-state index in [1.165, 1.54) is 12.3 Å². The van der Waals surface area contributed by atoms with Crippen molar-refractivity contribution < 1.29 is 18.1 Å². The number of aryl methyl sites for hydroxylation is 3. The van der Waals surface area contributed by atoms with E-state index in [1.54, 1.807) is 30.3 Å². The molecule has 0 unspecified atom stereocenters. The standard InChI is InChI=1S/C42H39NO/c1-25-10-14-34(41-40(25)37-21-31-12-11-29-8-6-7-9-33(29)36(31)23-39(37)44-41)38-22-35(27(3)24-43-38)32-15-13-30(20-26(32)2)28-16-18-42(4,5)19-17-28/h6-15,20-24,28H,16-19H2,1-5H3/i1D3,2D3,3D3,28D. The summed E-state index contributed by atoms with van der Waals surface area (Å²) in [6.07, 6.45) is 4.09. The molecule has 1 aliphatic rings. The first kappa shape index (κ1) is 18.4. The first-order valence-electron chi connectivity index (χ1n) is 20.2. The van der Waals surface area contributed by atoms with E-state index < -0.39 is 26.4 Å². The molecule has 44 heavy (non-hydrogen) atoms. The van der Waals surface area contributed by atoms with Crippen LogP contribution in [0.4, 0.5) is 0 Å². The van der Waals surface area contributed by atoms with E-state index in [-0.39, 0.29) is 38.8 Å². The number of hydrogen-bond acceptors (Lipinski definition) is 2. The van der Waals surface area contributed by atoms with E-state index in [9.17, 15) is 1.37 Å². The van der Waals surface area contributed by atoms with Crippen LogP contribution in [0.25, 0.3) is 65.9 Å². The van der Waals surface area contributed by atoms with Crippen molar-refractivity contribution in [2.45, 2.75) is 66.0 Å². The highest BCUT2D eigenvalue weighted by atomic mass is 16.3. The van der Waals surface area contributed by atoms with E-state index in [0.717, 1.165) is 34.4 Å². The maximum atomic E-state index is 9.34. The van der Waals surface area contributed by atoms with E-state index in [4.69, 9.17) is 16.8 Å². The van der Waals surface area contributed by atoms with Crippen LogP contribution in [-0.4, -0.2) is 4.98 Å². The van der Waals surface area contributed by atoms with Crippen molar-refractivity contribution in [1.29, 1.82) is 0 Å². The molecular weight excluding hydrogens is 534 g/mol. The zero-order valence-corrected chi connectivity index (χ0v) is 24.8. The van der Waals surface area contributed by atoms with Gasteiger partial charge in [0.15, 0.2) is 0 Å². The number of hydrogen-bond donors (Lipinski definition) is 0. The van der Waals surface area contributed by atoms with Gasteiger partial charge in [-0.05, 0) is 137 Å². The molecule has 0 radical (unpaired) electrons. The average Bonchev–Trinajstić information content (AvgIpc) is 3.48. The van der Waals surface area contributed by atoms with Gasteiger partial charge in [-0.1, -0.05) is 74.5 Å². The SMILES string of the molecule is [2H]C([2H])([2H])c1cnc(-c2ccc(C([2H])([2H])[2H])c3c2oc2cc4c(ccc5ccccc54)cc23)cc1-c1ccc(C2([2H])CCC(C)(C)CC2)cc1C([2H])([2H])[2H]. The van der Waals surface area contributed by atoms with Crippen molar-refractivity contribution in [3.8, 4) is 22.4 Å². The van der Waals surface area contributed by atoms with Gasteiger partial charge in [-0.15, -0.1) is 0 Å². The minimum Gasteiger partial charge on any atom is -0.455 e. The molecule has 7 aromatic rings. The number of aromatic nitrogens is 1. The molecule has 1 saturated carbocycles. The molecule has 0 aliphatic heterocycles. The molecule has 2 nitrogen and oxygen atoms in total. The molecule has 5 aromatic carbocycles. The maximum absolute atomic E-state index is 9.34. The minimum absolute atomic E-state index is 0.0374. The molecule has 2 heteroatoms. The van der Waals surface area contributed by atoms with Crippen LogP contribution >= 0.6 is 0 Å². The molecule has 0 atom stereocenters. The number of fused-ring (bicyclic) bond motifs is 6. The molecule has 8 rings (SSSR count). The highest BCUT2D eigenvalue weighted by Crippen LogP contribution is 2.44. The Labute approximate surface area is 273 Å². The number of nitrogens with zero attached hydrogens (tertiary/aromatic N) is 1. The van der Waals surface area contributed by atoms with Gasteiger partial charge >= 0.3 is 0 Å². The maximum Gasteiger partial charge on any atom is 0.145 e. The Morgan fingerprint density at radius 3 is 2.36 bits per heavy atom. The third-order valence-electron chi connectivity index (χ3n) is 9.59. The Hall–Kier alpha value is -4.43. The van der Waals surface area contributed by atoms with Gasteiger partial charge in [-0.3, -0.25) is 4.98 Å². The molecule has 1 fully saturated rings. The third-order valence-corrected chi connectivity index (χ3v) is 9.59. The predicted octanol–water partition coefficient (Wildman–Crippen LogP) is 12.2. The summed E-state index contributed by atoms with van der Waals surface area (Å²) in [4.78, 5) is 4.59. The molecule has 0 saturated heterocycles. The Balaban J connectivity index is 1.36. The Bertz CT molecular complexity index is 2620. The summed E-state index contributed by atoms with van der Waals surface area (Å²) in [5, 5.41) is 4.98. The van der Waals surface area contributed by atoms with Crippen molar-refractivity contribution >= 4 is 43.5 Å². The van der Waals surface area contributed by atoms with Crippen LogP contribution in [0.5, 0.6) is 0 Å². The van der Waals surface area contributed by atoms with Gasteiger partial charge in [0, 0.05) is 36.2 Å². The van der Waals surface area contributed by atoms with Crippen LogP contribution < -0.4 is 0 Å². The van der Waals surface area contributed by atoms with Crippen molar-refractivity contribution in [3.63, 3.8) is 0 Å². The van der Waals surface area contributed by atoms with Crippen molar-refractivity contribution in [2.24, 2.45) is 5.41 Å². The molecule has 2 aromatic heterocycles. The monoisotopic (exact) mass is 583 g/mol. The molecule has 2 heterocycles. The number of pyridine rings is 1. The van der Waals surface area contributed by atoms with Crippen LogP contribution in [-0.2, 0) is 0 Å². The van der Waals surface area contributed by atoms with Crippen molar-refractivity contribution in [2.75, 3.05) is 0 Å². The highest BCUT2D eigenvalue weighted by molar-refractivity contribution is 6.18. The zero-order chi connectivity index (χ0) is 38.6. The van der Waals surface area contributed by atoms with E-state index >= 15 is 0 Å². The summed E-state index contributed by atoms with van der Waals surface area (Å²) >= 11 is 0. The van der Waals surface area contributed by atoms with Crippen LogP contribution in [0.3, 0.4) is 0 Å². The lowest BCUT2D eigenvalue weighted by Crippen LogP contribution is -2.20. The first-order valence-corrected chi connectivity index (χ1v) is 15.2. The Morgan fingerprint density at radius 2 is 1.52 bits per heavy atom. The molecule has 1 aliphatic carbocycles. The summed E-state index contributed by atoms with van der Waals surface area (Å²) in [6, 6.07) is 25.6. The normalized spacial score (nSPS) is 20.5. The second-order valence-electron chi connectivity index (χ2n) is 13.0. The van der Waals surface area contributed by atoms with Gasteiger partial charge in [0.05, 0.1) is 5.69 Å². The van der Waals surface area contributed by atoms with E-state index in [2.05, 4.69) is 18.8 Å². The van der Waals surface area contributed by atoms with E-state index in [0.29, 0.717) is 46.0 Å². The van der Waals surface area contributed by atoms with Gasteiger partial charge in [0.25, 0.3) is 0 Å². The van der Waals surface area contributed by atoms with Crippen molar-refractivity contribution in [1.82, 2.24) is 4.98 Å². The predicted molar refractivity (Wildman–Crippen MR) is 187 cm³/mol. The fourth-order valence-electron chi connectivity index (χ4n) is 6.92. The number of rotatable bonds is 3. The second kappa shape index (κ2) is 10.1. The summed E-state index contributed by atoms with van der Waals surface area (Å²) in [7, 11) is 0. The molecule has 0 bridgehead atoms. The molecule has 0 spiro atoms. The van der Waals surface area contributed by atoms with Gasteiger partial charge in [-0.2, -0.15) is 0 Å². The van der Waals surface area contributed by atoms with Gasteiger partial charge < -0.3 is 4.42 Å². The van der Waals surface area contributed by atoms with Gasteiger partial charge in [0.1, 0.15) is 11.2 Å². The van der Waals surface area contributed by atoms with E-state index in [1.807, 2.05) is 48.5 Å². The molecule has 0 amide bonds. The third kappa shape index (κ3) is 4.42. The lowest BCUT2D eigenvalue weighted by Gasteiger charge is -2.34. The number of furan rings is 1. The Morgan fingerprint density at radius 1 is 0.727 bits per heavy atom. The number of benzene rings is 5. The highest BCUT2D eigenvalue weighted by Gasteiger charge is 2.28. The lowest BCUT2D eigenvalue weighted by molar-refractivity contribution is 0.224. The molecule has 218 valence electrons. The van der Waals surface area contributed by atoms with Crippen LogP contribution in [0, 0.1) is 26.0 Å². The summed E-state index contributed by atoms with van der Waals surface area (Å²) in [6.45, 7) is -3.37. The van der Waals surface area contributed by atoms with Crippen LogP contribution in [0.2, 0.25) is 0 Å². The van der Waals surface area contributed by atoms with Crippen LogP contribution in [0.1, 0.15) is 81.4 Å². The Kier molecular flexibility index (Phi) is 4.21. The van der Waals surface area contributed by atoms with Gasteiger partial charge in [-0.25, -0.2) is 0 Å². The quantitative estimate of drug-likeness (QED) is 0.193. The average molecular weight is 584 g/mol. The fourth-order valence-corrected chi connectivity index (χ4v) is 6.92. The zero-order valence-electron chi connectivity index (χ0n) is 34.8. The van der Waals surface area contributed by atoms with Crippen LogP contribution in [0.15, 0.2) is 95.5 Å². The smallest absolute Gasteiger partial charge is 0.145 e. The molecular formula is C42H39NO. The largest absolute Gasteiger partial charge is 0.455 e. The fraction of sp³-hybridized carbons (Fsp3) is 0.262. The first-order chi connectivity index (χ1) is 25.2. The lowest BCUT2D eigenvalue weighted by atomic mass is 9.71. The van der Waals surface area contributed by atoms with Gasteiger partial charge in [0.2, 0.25) is 0 Å².